The van der Waals surface area contributed by atoms with Crippen LogP contribution in [0.15, 0.2) is 6.20 Å². The van der Waals surface area contributed by atoms with Gasteiger partial charge >= 0.3 is 0 Å². The fraction of sp³-hybridized carbons (Fsp3) is 0.769. The molecular formula is C13H23N3O2S. The molecule has 1 aliphatic rings. The summed E-state index contributed by atoms with van der Waals surface area (Å²) < 4.78 is 24.4. The van der Waals surface area contributed by atoms with Gasteiger partial charge in [-0.05, 0) is 18.8 Å². The Labute approximate surface area is 115 Å². The lowest BCUT2D eigenvalue weighted by molar-refractivity contribution is 0.566. The fourth-order valence-corrected chi connectivity index (χ4v) is 2.72. The molecule has 0 aliphatic heterocycles. The van der Waals surface area contributed by atoms with Crippen molar-refractivity contribution in [2.75, 3.05) is 12.0 Å². The summed E-state index contributed by atoms with van der Waals surface area (Å²) in [6, 6.07) is 0.666. The highest BCUT2D eigenvalue weighted by atomic mass is 32.2. The van der Waals surface area contributed by atoms with Gasteiger partial charge in [0.1, 0.15) is 9.84 Å². The summed E-state index contributed by atoms with van der Waals surface area (Å²) in [5.74, 6) is 0.488. The highest BCUT2D eigenvalue weighted by Crippen LogP contribution is 2.23. The predicted octanol–water partition coefficient (Wildman–Crippen LogP) is 1.30. The number of hydrogen-bond acceptors (Lipinski definition) is 4. The van der Waals surface area contributed by atoms with E-state index >= 15 is 0 Å². The topological polar surface area (TPSA) is 64.0 Å². The maximum Gasteiger partial charge on any atom is 0.149 e. The highest BCUT2D eigenvalue weighted by Gasteiger charge is 2.22. The van der Waals surface area contributed by atoms with E-state index in [9.17, 15) is 8.42 Å². The lowest BCUT2D eigenvalue weighted by Crippen LogP contribution is -2.18. The molecule has 0 amide bonds. The Kier molecular flexibility index (Phi) is 4.30. The summed E-state index contributed by atoms with van der Waals surface area (Å²) >= 11 is 0. The number of hydrogen-bond donors (Lipinski definition) is 1. The molecule has 108 valence electrons. The van der Waals surface area contributed by atoms with Gasteiger partial charge in [0.2, 0.25) is 0 Å². The smallest absolute Gasteiger partial charge is 0.149 e. The largest absolute Gasteiger partial charge is 0.310 e. The third-order valence-corrected chi connectivity index (χ3v) is 4.26. The average molecular weight is 285 g/mol. The van der Waals surface area contributed by atoms with Gasteiger partial charge in [-0.25, -0.2) is 8.42 Å². The Morgan fingerprint density at radius 1 is 1.47 bits per heavy atom. The second kappa shape index (κ2) is 5.63. The van der Waals surface area contributed by atoms with Gasteiger partial charge in [-0.2, -0.15) is 5.10 Å². The maximum absolute atomic E-state index is 11.3. The van der Waals surface area contributed by atoms with Crippen molar-refractivity contribution >= 4 is 9.84 Å². The van der Waals surface area contributed by atoms with E-state index in [2.05, 4.69) is 24.3 Å². The monoisotopic (exact) mass is 285 g/mol. The van der Waals surface area contributed by atoms with E-state index in [1.807, 2.05) is 10.9 Å². The number of nitrogens with one attached hydrogen (secondary N) is 1. The molecule has 2 rings (SSSR count). The molecule has 1 saturated carbocycles. The molecule has 0 aromatic carbocycles. The Hall–Kier alpha value is -0.880. The van der Waals surface area contributed by atoms with Crippen LogP contribution in [0.2, 0.25) is 0 Å². The number of nitrogens with zero attached hydrogens (tertiary/aromatic N) is 2. The zero-order chi connectivity index (χ0) is 14.0. The molecule has 19 heavy (non-hydrogen) atoms. The zero-order valence-corrected chi connectivity index (χ0v) is 12.7. The SMILES string of the molecule is CC(C)c1c(CNC2CC2)cnn1CCS(C)(=O)=O. The van der Waals surface area contributed by atoms with Gasteiger partial charge in [-0.1, -0.05) is 13.8 Å². The Morgan fingerprint density at radius 3 is 2.68 bits per heavy atom. The molecule has 1 heterocycles. The Bertz CT molecular complexity index is 530. The van der Waals surface area contributed by atoms with Crippen LogP contribution in [0.3, 0.4) is 0 Å². The van der Waals surface area contributed by atoms with Gasteiger partial charge in [0.25, 0.3) is 0 Å². The first-order valence-electron chi connectivity index (χ1n) is 6.82. The minimum Gasteiger partial charge on any atom is -0.310 e. The first-order chi connectivity index (χ1) is 8.87. The van der Waals surface area contributed by atoms with E-state index in [1.54, 1.807) is 0 Å². The van der Waals surface area contributed by atoms with E-state index in [0.29, 0.717) is 18.5 Å². The molecule has 0 unspecified atom stereocenters. The van der Waals surface area contributed by atoms with Crippen LogP contribution >= 0.6 is 0 Å². The van der Waals surface area contributed by atoms with Crippen molar-refractivity contribution in [1.29, 1.82) is 0 Å². The van der Waals surface area contributed by atoms with Gasteiger partial charge in [-0.15, -0.1) is 0 Å². The van der Waals surface area contributed by atoms with Crippen molar-refractivity contribution in [3.8, 4) is 0 Å². The van der Waals surface area contributed by atoms with Gasteiger partial charge in [0.15, 0.2) is 0 Å². The molecule has 0 saturated heterocycles. The molecule has 5 nitrogen and oxygen atoms in total. The van der Waals surface area contributed by atoms with Crippen LogP contribution in [0.25, 0.3) is 0 Å². The predicted molar refractivity (Wildman–Crippen MR) is 75.9 cm³/mol. The van der Waals surface area contributed by atoms with Crippen molar-refractivity contribution in [1.82, 2.24) is 15.1 Å². The second-order valence-corrected chi connectivity index (χ2v) is 7.98. The van der Waals surface area contributed by atoms with E-state index in [-0.39, 0.29) is 5.75 Å². The van der Waals surface area contributed by atoms with Crippen molar-refractivity contribution < 1.29 is 8.42 Å². The standard InChI is InChI=1S/C13H23N3O2S/c1-10(2)13-11(8-14-12-4-5-12)9-15-16(13)6-7-19(3,17)18/h9-10,12,14H,4-8H2,1-3H3. The second-order valence-electron chi connectivity index (χ2n) is 5.72. The molecule has 1 aliphatic carbocycles. The third kappa shape index (κ3) is 4.31. The molecule has 0 spiro atoms. The summed E-state index contributed by atoms with van der Waals surface area (Å²) in [6.45, 7) is 5.51. The lowest BCUT2D eigenvalue weighted by Gasteiger charge is -2.13. The minimum atomic E-state index is -2.95. The van der Waals surface area contributed by atoms with E-state index < -0.39 is 9.84 Å². The van der Waals surface area contributed by atoms with Crippen molar-refractivity contribution in [2.24, 2.45) is 0 Å². The lowest BCUT2D eigenvalue weighted by atomic mass is 10.1. The molecule has 1 aromatic heterocycles. The molecular weight excluding hydrogens is 262 g/mol. The Morgan fingerprint density at radius 2 is 2.16 bits per heavy atom. The first kappa shape index (κ1) is 14.5. The number of rotatable bonds is 7. The molecule has 1 N–H and O–H groups in total. The number of aromatic nitrogens is 2. The van der Waals surface area contributed by atoms with Crippen molar-refractivity contribution in [3.05, 3.63) is 17.5 Å². The summed E-state index contributed by atoms with van der Waals surface area (Å²) in [7, 11) is -2.95. The quantitative estimate of drug-likeness (QED) is 0.820. The summed E-state index contributed by atoms with van der Waals surface area (Å²) in [5, 5.41) is 7.83. The van der Waals surface area contributed by atoms with Gasteiger partial charge < -0.3 is 5.32 Å². The Balaban J connectivity index is 2.08. The van der Waals surface area contributed by atoms with E-state index in [0.717, 1.165) is 12.2 Å². The number of sulfone groups is 1. The van der Waals surface area contributed by atoms with Crippen molar-refractivity contribution in [3.63, 3.8) is 0 Å². The molecule has 0 atom stereocenters. The van der Waals surface area contributed by atoms with E-state index in [1.165, 1.54) is 24.7 Å². The van der Waals surface area contributed by atoms with Crippen LogP contribution in [0.4, 0.5) is 0 Å². The molecule has 6 heteroatoms. The summed E-state index contributed by atoms with van der Waals surface area (Å²) in [5.41, 5.74) is 2.34. The highest BCUT2D eigenvalue weighted by molar-refractivity contribution is 7.90. The van der Waals surface area contributed by atoms with Crippen LogP contribution in [0, 0.1) is 0 Å². The van der Waals surface area contributed by atoms with Gasteiger partial charge in [0.05, 0.1) is 18.5 Å². The van der Waals surface area contributed by atoms with Gasteiger partial charge in [-0.3, -0.25) is 4.68 Å². The first-order valence-corrected chi connectivity index (χ1v) is 8.88. The van der Waals surface area contributed by atoms with E-state index in [4.69, 9.17) is 0 Å². The van der Waals surface area contributed by atoms with Crippen LogP contribution < -0.4 is 5.32 Å². The van der Waals surface area contributed by atoms with Gasteiger partial charge in [0, 0.05) is 30.1 Å². The van der Waals surface area contributed by atoms with Crippen LogP contribution in [0.1, 0.15) is 43.9 Å². The molecule has 1 fully saturated rings. The third-order valence-electron chi connectivity index (χ3n) is 3.34. The van der Waals surface area contributed by atoms with Crippen molar-refractivity contribution in [2.45, 2.75) is 51.7 Å². The summed E-state index contributed by atoms with van der Waals surface area (Å²) in [4.78, 5) is 0. The molecule has 0 radical (unpaired) electrons. The van der Waals surface area contributed by atoms with Crippen LogP contribution in [0.5, 0.6) is 0 Å². The minimum absolute atomic E-state index is 0.143. The number of aryl methyl sites for hydroxylation is 1. The average Bonchev–Trinajstić information content (AvgIpc) is 3.02. The molecule has 1 aromatic rings. The maximum atomic E-state index is 11.3. The normalized spacial score (nSPS) is 16.2. The zero-order valence-electron chi connectivity index (χ0n) is 11.9. The fourth-order valence-electron chi connectivity index (χ4n) is 2.21. The summed E-state index contributed by atoms with van der Waals surface area (Å²) in [6.07, 6.45) is 5.66. The molecule has 0 bridgehead atoms. The van der Waals surface area contributed by atoms with Crippen LogP contribution in [-0.4, -0.2) is 36.2 Å². The van der Waals surface area contributed by atoms with Crippen LogP contribution in [-0.2, 0) is 22.9 Å².